The molecule has 0 aromatic carbocycles. The molecule has 1 N–H and O–H groups in total. The Bertz CT molecular complexity index is 231. The van der Waals surface area contributed by atoms with Gasteiger partial charge in [0.05, 0.1) is 5.25 Å². The molecule has 0 aromatic heterocycles. The number of nitrogens with one attached hydrogen (secondary N) is 1. The summed E-state index contributed by atoms with van der Waals surface area (Å²) >= 11 is 3.75. The predicted molar refractivity (Wildman–Crippen MR) is 67.6 cm³/mol. The van der Waals surface area contributed by atoms with Crippen molar-refractivity contribution in [3.63, 3.8) is 0 Å². The van der Waals surface area contributed by atoms with E-state index in [1.807, 2.05) is 23.5 Å². The standard InChI is InChI=1S/C10H18N2OS2/c1-8-6-11-2-3-12(8)10(13)9-7-14-4-5-15-9/h8-9,11H,2-7H2,1H3. The molecule has 0 radical (unpaired) electrons. The zero-order chi connectivity index (χ0) is 10.7. The fraction of sp³-hybridized carbons (Fsp3) is 0.900. The fourth-order valence-electron chi connectivity index (χ4n) is 1.98. The number of nitrogens with zero attached hydrogens (tertiary/aromatic N) is 1. The molecule has 2 fully saturated rings. The molecule has 86 valence electrons. The SMILES string of the molecule is CC1CNCCN1C(=O)C1CSCCS1. The van der Waals surface area contributed by atoms with Gasteiger partial charge in [0.1, 0.15) is 0 Å². The maximum absolute atomic E-state index is 12.2. The lowest BCUT2D eigenvalue weighted by atomic mass is 10.2. The molecule has 0 aliphatic carbocycles. The van der Waals surface area contributed by atoms with E-state index in [1.165, 1.54) is 5.75 Å². The Hall–Kier alpha value is 0.130. The van der Waals surface area contributed by atoms with Crippen molar-refractivity contribution in [2.75, 3.05) is 36.9 Å². The molecule has 15 heavy (non-hydrogen) atoms. The van der Waals surface area contributed by atoms with E-state index >= 15 is 0 Å². The summed E-state index contributed by atoms with van der Waals surface area (Å²) in [6.07, 6.45) is 0. The van der Waals surface area contributed by atoms with E-state index in [0.29, 0.717) is 11.9 Å². The smallest absolute Gasteiger partial charge is 0.236 e. The molecule has 2 unspecified atom stereocenters. The third-order valence-electron chi connectivity index (χ3n) is 2.88. The van der Waals surface area contributed by atoms with Gasteiger partial charge in [0.25, 0.3) is 0 Å². The third-order valence-corrected chi connectivity index (χ3v) is 5.62. The lowest BCUT2D eigenvalue weighted by Crippen LogP contribution is -2.55. The largest absolute Gasteiger partial charge is 0.336 e. The van der Waals surface area contributed by atoms with Crippen LogP contribution in [0.1, 0.15) is 6.92 Å². The number of rotatable bonds is 1. The van der Waals surface area contributed by atoms with Crippen LogP contribution in [0.25, 0.3) is 0 Å². The summed E-state index contributed by atoms with van der Waals surface area (Å²) < 4.78 is 0. The van der Waals surface area contributed by atoms with Gasteiger partial charge in [-0.05, 0) is 6.92 Å². The van der Waals surface area contributed by atoms with Crippen molar-refractivity contribution in [1.29, 1.82) is 0 Å². The van der Waals surface area contributed by atoms with Gasteiger partial charge < -0.3 is 10.2 Å². The predicted octanol–water partition coefficient (Wildman–Crippen LogP) is 0.655. The van der Waals surface area contributed by atoms with Crippen LogP contribution >= 0.6 is 23.5 Å². The van der Waals surface area contributed by atoms with Crippen molar-refractivity contribution in [2.45, 2.75) is 18.2 Å². The minimum absolute atomic E-state index is 0.212. The van der Waals surface area contributed by atoms with Crippen LogP contribution in [0.3, 0.4) is 0 Å². The topological polar surface area (TPSA) is 32.3 Å². The van der Waals surface area contributed by atoms with Crippen LogP contribution in [0.2, 0.25) is 0 Å². The van der Waals surface area contributed by atoms with Gasteiger partial charge in [-0.25, -0.2) is 0 Å². The van der Waals surface area contributed by atoms with Crippen LogP contribution in [-0.4, -0.2) is 59.0 Å². The number of amides is 1. The lowest BCUT2D eigenvalue weighted by molar-refractivity contribution is -0.132. The molecule has 2 atom stereocenters. The van der Waals surface area contributed by atoms with E-state index < -0.39 is 0 Å². The molecule has 0 saturated carbocycles. The van der Waals surface area contributed by atoms with Crippen molar-refractivity contribution in [1.82, 2.24) is 10.2 Å². The average molecular weight is 246 g/mol. The third kappa shape index (κ3) is 2.82. The number of carbonyl (C=O) groups excluding carboxylic acids is 1. The van der Waals surface area contributed by atoms with Crippen molar-refractivity contribution in [3.8, 4) is 0 Å². The zero-order valence-corrected chi connectivity index (χ0v) is 10.7. The van der Waals surface area contributed by atoms with E-state index in [1.54, 1.807) is 0 Å². The van der Waals surface area contributed by atoms with Crippen molar-refractivity contribution in [3.05, 3.63) is 0 Å². The van der Waals surface area contributed by atoms with Gasteiger partial charge in [0, 0.05) is 42.9 Å². The van der Waals surface area contributed by atoms with Gasteiger partial charge in [-0.15, -0.1) is 11.8 Å². The Morgan fingerprint density at radius 2 is 2.33 bits per heavy atom. The van der Waals surface area contributed by atoms with Gasteiger partial charge in [0.2, 0.25) is 5.91 Å². The number of thioether (sulfide) groups is 2. The first-order valence-electron chi connectivity index (χ1n) is 5.49. The first-order valence-corrected chi connectivity index (χ1v) is 7.70. The van der Waals surface area contributed by atoms with Gasteiger partial charge in [-0.1, -0.05) is 0 Å². The van der Waals surface area contributed by atoms with Crippen LogP contribution in [0, 0.1) is 0 Å². The highest BCUT2D eigenvalue weighted by Gasteiger charge is 2.30. The van der Waals surface area contributed by atoms with Gasteiger partial charge >= 0.3 is 0 Å². The van der Waals surface area contributed by atoms with Crippen molar-refractivity contribution in [2.24, 2.45) is 0 Å². The van der Waals surface area contributed by atoms with E-state index in [9.17, 15) is 4.79 Å². The molecule has 0 aromatic rings. The van der Waals surface area contributed by atoms with E-state index in [4.69, 9.17) is 0 Å². The summed E-state index contributed by atoms with van der Waals surface area (Å²) in [5, 5.41) is 3.53. The molecule has 1 amide bonds. The summed E-state index contributed by atoms with van der Waals surface area (Å²) in [7, 11) is 0. The molecule has 2 aliphatic heterocycles. The minimum Gasteiger partial charge on any atom is -0.336 e. The van der Waals surface area contributed by atoms with Crippen molar-refractivity contribution >= 4 is 29.4 Å². The first kappa shape index (κ1) is 11.6. The zero-order valence-electron chi connectivity index (χ0n) is 9.07. The minimum atomic E-state index is 0.212. The highest BCUT2D eigenvalue weighted by atomic mass is 32.2. The van der Waals surface area contributed by atoms with Gasteiger partial charge in [-0.3, -0.25) is 4.79 Å². The molecule has 5 heteroatoms. The molecule has 2 rings (SSSR count). The highest BCUT2D eigenvalue weighted by molar-refractivity contribution is 8.07. The molecule has 0 spiro atoms. The second-order valence-electron chi connectivity index (χ2n) is 4.02. The molecule has 2 heterocycles. The van der Waals surface area contributed by atoms with Gasteiger partial charge in [0.15, 0.2) is 0 Å². The molecular weight excluding hydrogens is 228 g/mol. The summed E-state index contributed by atoms with van der Waals surface area (Å²) in [5.41, 5.74) is 0. The fourth-order valence-corrected chi connectivity index (χ4v) is 4.60. The normalized spacial score (nSPS) is 32.7. The molecular formula is C10H18N2OS2. The monoisotopic (exact) mass is 246 g/mol. The quantitative estimate of drug-likeness (QED) is 0.736. The number of carbonyl (C=O) groups is 1. The van der Waals surface area contributed by atoms with Crippen LogP contribution < -0.4 is 5.32 Å². The Morgan fingerprint density at radius 3 is 3.00 bits per heavy atom. The van der Waals surface area contributed by atoms with Gasteiger partial charge in [-0.2, -0.15) is 11.8 Å². The Labute approximate surface area is 99.7 Å². The molecule has 0 bridgehead atoms. The first-order chi connectivity index (χ1) is 7.29. The summed E-state index contributed by atoms with van der Waals surface area (Å²) in [6.45, 7) is 4.89. The average Bonchev–Trinajstić information content (AvgIpc) is 2.30. The Balaban J connectivity index is 1.92. The Morgan fingerprint density at radius 1 is 1.47 bits per heavy atom. The molecule has 2 aliphatic rings. The molecule has 2 saturated heterocycles. The van der Waals surface area contributed by atoms with E-state index in [-0.39, 0.29) is 5.25 Å². The van der Waals surface area contributed by atoms with E-state index in [0.717, 1.165) is 31.1 Å². The lowest BCUT2D eigenvalue weighted by Gasteiger charge is -2.36. The summed E-state index contributed by atoms with van der Waals surface area (Å²) in [5.74, 6) is 3.69. The van der Waals surface area contributed by atoms with Crippen LogP contribution in [0.15, 0.2) is 0 Å². The summed E-state index contributed by atoms with van der Waals surface area (Å²) in [4.78, 5) is 14.3. The molecule has 3 nitrogen and oxygen atoms in total. The maximum atomic E-state index is 12.2. The summed E-state index contributed by atoms with van der Waals surface area (Å²) in [6, 6.07) is 0.360. The second-order valence-corrected chi connectivity index (χ2v) is 6.48. The Kier molecular flexibility index (Phi) is 4.22. The van der Waals surface area contributed by atoms with Crippen LogP contribution in [0.5, 0.6) is 0 Å². The number of hydrogen-bond donors (Lipinski definition) is 1. The number of piperazine rings is 1. The second kappa shape index (κ2) is 5.46. The van der Waals surface area contributed by atoms with Crippen molar-refractivity contribution < 1.29 is 4.79 Å². The maximum Gasteiger partial charge on any atom is 0.236 e. The van der Waals surface area contributed by atoms with Crippen LogP contribution in [0.4, 0.5) is 0 Å². The van der Waals surface area contributed by atoms with E-state index in [2.05, 4.69) is 17.1 Å². The van der Waals surface area contributed by atoms with Crippen LogP contribution in [-0.2, 0) is 4.79 Å². The number of hydrogen-bond acceptors (Lipinski definition) is 4. The highest BCUT2D eigenvalue weighted by Crippen LogP contribution is 2.26.